The fourth-order valence-electron chi connectivity index (χ4n) is 8.83. The first-order chi connectivity index (χ1) is 27.9. The molecule has 3 aliphatic carbocycles. The van der Waals surface area contributed by atoms with Crippen molar-refractivity contribution in [2.24, 2.45) is 11.8 Å². The zero-order chi connectivity index (χ0) is 42.1. The molecule has 8 rings (SSSR count). The largest absolute Gasteiger partial charge is 0.497 e. The van der Waals surface area contributed by atoms with Crippen molar-refractivity contribution in [1.82, 2.24) is 25.2 Å². The number of methoxy groups -OCH3 is 1. The fourth-order valence-corrected chi connectivity index (χ4v) is 10.1. The zero-order valence-corrected chi connectivity index (χ0v) is 34.7. The number of hydrogen-bond acceptors (Lipinski definition) is 10. The maximum atomic E-state index is 17.1. The molecule has 14 nitrogen and oxygen atoms in total. The molecule has 5 atom stereocenters. The lowest BCUT2D eigenvalue weighted by Gasteiger charge is -2.40. The van der Waals surface area contributed by atoms with Gasteiger partial charge in [-0.3, -0.25) is 19.1 Å². The average molecular weight is 842 g/mol. The van der Waals surface area contributed by atoms with Gasteiger partial charge in [-0.2, -0.15) is 0 Å². The first-order valence-electron chi connectivity index (χ1n) is 20.8. The molecule has 3 saturated carbocycles. The molecule has 3 aliphatic heterocycles. The van der Waals surface area contributed by atoms with Crippen LogP contribution in [0.4, 0.5) is 13.6 Å². The molecule has 1 aromatic heterocycles. The van der Waals surface area contributed by atoms with Gasteiger partial charge in [0.2, 0.25) is 21.8 Å². The van der Waals surface area contributed by atoms with E-state index < -0.39 is 86.6 Å². The third-order valence-electron chi connectivity index (χ3n) is 12.8. The van der Waals surface area contributed by atoms with E-state index in [9.17, 15) is 27.6 Å². The van der Waals surface area contributed by atoms with E-state index >= 15 is 8.78 Å². The number of fused-ring (bicyclic) bond motifs is 5. The number of aromatic nitrogens is 1. The van der Waals surface area contributed by atoms with E-state index in [2.05, 4.69) is 15.4 Å². The van der Waals surface area contributed by atoms with Gasteiger partial charge in [0.05, 0.1) is 48.2 Å². The zero-order valence-electron chi connectivity index (χ0n) is 33.9. The molecule has 3 N–H and O–H groups in total. The molecular weight excluding hydrogens is 789 g/mol. The van der Waals surface area contributed by atoms with E-state index in [4.69, 9.17) is 19.2 Å². The highest BCUT2D eigenvalue weighted by atomic mass is 32.2. The quantitative estimate of drug-likeness (QED) is 0.288. The van der Waals surface area contributed by atoms with E-state index in [-0.39, 0.29) is 54.4 Å². The van der Waals surface area contributed by atoms with Crippen molar-refractivity contribution >= 4 is 44.7 Å². The number of amides is 4. The Morgan fingerprint density at radius 2 is 1.86 bits per heavy atom. The Balaban J connectivity index is 1.18. The van der Waals surface area contributed by atoms with Crippen LogP contribution in [0.15, 0.2) is 30.4 Å². The maximum absolute atomic E-state index is 17.1. The highest BCUT2D eigenvalue weighted by Crippen LogP contribution is 2.58. The number of alkyl halides is 2. The molecule has 1 aromatic carbocycles. The summed E-state index contributed by atoms with van der Waals surface area (Å²) in [4.78, 5) is 62.5. The molecule has 320 valence electrons. The second kappa shape index (κ2) is 14.9. The van der Waals surface area contributed by atoms with Crippen LogP contribution in [0.3, 0.4) is 0 Å². The molecular formula is C42H53F2N5O9S. The standard InChI is InChI=1S/C42H53F2N5O9S/c1-24(2)21-57-38(53)46-30-11-9-7-5-6-8-10-26-19-41(26,37(52)48-59(54,55)39(3)16-17-39)47-35(50)31-20-40(23-49(31)36(30)51)22-42(43,44)32-28-18-27(56-4)14-15-29(28)45-33(25-12-13-25)34(32)58-40/h8,10,14-15,18,24-26,30-31H,5-7,9,11-13,16-17,19-23H2,1-4H3,(H,46,53)(H,47,50)(H,48,52). The summed E-state index contributed by atoms with van der Waals surface area (Å²) in [5.41, 5.74) is -3.03. The van der Waals surface area contributed by atoms with Gasteiger partial charge in [-0.1, -0.05) is 38.8 Å². The van der Waals surface area contributed by atoms with Crippen LogP contribution < -0.4 is 24.8 Å². The summed E-state index contributed by atoms with van der Waals surface area (Å²) < 4.78 is 79.2. The Bertz CT molecular complexity index is 2210. The van der Waals surface area contributed by atoms with Crippen molar-refractivity contribution < 1.29 is 50.6 Å². The van der Waals surface area contributed by atoms with Crippen LogP contribution >= 0.6 is 0 Å². The van der Waals surface area contributed by atoms with Crippen molar-refractivity contribution in [1.29, 1.82) is 0 Å². The van der Waals surface area contributed by atoms with E-state index in [1.54, 1.807) is 25.1 Å². The normalized spacial score (nSPS) is 29.9. The number of allylic oxidation sites excluding steroid dienone is 1. The number of alkyl carbamates (subject to hydrolysis) is 1. The SMILES string of the molecule is COc1ccc2nc(C3CC3)c3c(c2c1)C(F)(F)CC1(CC2C(=O)NC4(C(=O)NS(=O)(=O)C5(C)CC5)CC4C=CCCCCCC(NC(=O)OCC(C)C)C(=O)N2C1)O3. The minimum absolute atomic E-state index is 0.0167. The highest BCUT2D eigenvalue weighted by Gasteiger charge is 2.65. The second-order valence-corrected chi connectivity index (χ2v) is 20.3. The number of benzene rings is 1. The first-order valence-corrected chi connectivity index (χ1v) is 22.3. The Hall–Kier alpha value is -4.54. The number of pyridine rings is 1. The Morgan fingerprint density at radius 1 is 1.10 bits per heavy atom. The van der Waals surface area contributed by atoms with Gasteiger partial charge in [-0.05, 0) is 82.4 Å². The number of halogens is 2. The van der Waals surface area contributed by atoms with Crippen LogP contribution in [0.1, 0.15) is 115 Å². The number of carbonyl (C=O) groups excluding carboxylic acids is 4. The van der Waals surface area contributed by atoms with Gasteiger partial charge < -0.3 is 29.7 Å². The van der Waals surface area contributed by atoms with E-state index in [1.807, 2.05) is 19.9 Å². The predicted molar refractivity (Wildman–Crippen MR) is 211 cm³/mol. The number of hydrogen-bond donors (Lipinski definition) is 3. The van der Waals surface area contributed by atoms with Crippen molar-refractivity contribution in [2.75, 3.05) is 20.3 Å². The summed E-state index contributed by atoms with van der Waals surface area (Å²) in [5, 5.41) is 5.66. The van der Waals surface area contributed by atoms with Gasteiger partial charge in [0.15, 0.2) is 5.75 Å². The van der Waals surface area contributed by atoms with Crippen LogP contribution in [-0.4, -0.2) is 90.3 Å². The Labute approximate surface area is 342 Å². The van der Waals surface area contributed by atoms with Crippen LogP contribution in [0, 0.1) is 11.8 Å². The molecule has 4 fully saturated rings. The number of carbonyl (C=O) groups is 4. The topological polar surface area (TPSA) is 182 Å². The fraction of sp³-hybridized carbons (Fsp3) is 0.643. The summed E-state index contributed by atoms with van der Waals surface area (Å²) in [6.07, 6.45) is 6.66. The molecule has 59 heavy (non-hydrogen) atoms. The van der Waals surface area contributed by atoms with E-state index in [1.165, 1.54) is 18.1 Å². The molecule has 1 spiro atoms. The molecule has 0 radical (unpaired) electrons. The lowest BCUT2D eigenvalue weighted by atomic mass is 9.84. The van der Waals surface area contributed by atoms with Crippen molar-refractivity contribution in [3.8, 4) is 11.5 Å². The molecule has 2 aromatic rings. The molecule has 1 saturated heterocycles. The van der Waals surface area contributed by atoms with Crippen LogP contribution in [0.5, 0.6) is 11.5 Å². The van der Waals surface area contributed by atoms with Gasteiger partial charge in [-0.15, -0.1) is 0 Å². The summed E-state index contributed by atoms with van der Waals surface area (Å²) in [6, 6.07) is 2.19. The number of ether oxygens (including phenoxy) is 3. The highest BCUT2D eigenvalue weighted by molar-refractivity contribution is 7.91. The first kappa shape index (κ1) is 41.2. The van der Waals surface area contributed by atoms with Crippen molar-refractivity contribution in [3.63, 3.8) is 0 Å². The molecule has 0 bridgehead atoms. The minimum Gasteiger partial charge on any atom is -0.497 e. The van der Waals surface area contributed by atoms with Gasteiger partial charge in [0.25, 0.3) is 11.8 Å². The summed E-state index contributed by atoms with van der Waals surface area (Å²) in [7, 11) is -2.64. The Kier molecular flexibility index (Phi) is 10.4. The van der Waals surface area contributed by atoms with E-state index in [0.29, 0.717) is 49.1 Å². The summed E-state index contributed by atoms with van der Waals surface area (Å²) >= 11 is 0. The molecule has 4 amide bonds. The lowest BCUT2D eigenvalue weighted by Crippen LogP contribution is -2.58. The lowest BCUT2D eigenvalue weighted by molar-refractivity contribution is -0.141. The predicted octanol–water partition coefficient (Wildman–Crippen LogP) is 5.48. The van der Waals surface area contributed by atoms with Crippen LogP contribution in [-0.2, 0) is 35.1 Å². The summed E-state index contributed by atoms with van der Waals surface area (Å²) in [6.45, 7) is 4.94. The second-order valence-electron chi connectivity index (χ2n) is 18.1. The summed E-state index contributed by atoms with van der Waals surface area (Å²) in [5.74, 6) is -6.28. The third kappa shape index (κ3) is 7.83. The van der Waals surface area contributed by atoms with Gasteiger partial charge >= 0.3 is 6.09 Å². The third-order valence-corrected chi connectivity index (χ3v) is 15.0. The maximum Gasteiger partial charge on any atom is 0.407 e. The van der Waals surface area contributed by atoms with Crippen LogP contribution in [0.25, 0.3) is 10.9 Å². The Morgan fingerprint density at radius 3 is 2.56 bits per heavy atom. The minimum atomic E-state index is -4.08. The van der Waals surface area contributed by atoms with E-state index in [0.717, 1.165) is 19.3 Å². The number of nitrogens with zero attached hydrogens (tertiary/aromatic N) is 2. The number of sulfonamides is 1. The van der Waals surface area contributed by atoms with Gasteiger partial charge in [0, 0.05) is 23.6 Å². The van der Waals surface area contributed by atoms with Gasteiger partial charge in [-0.25, -0.2) is 27.0 Å². The molecule has 4 heterocycles. The van der Waals surface area contributed by atoms with Crippen molar-refractivity contribution in [3.05, 3.63) is 41.6 Å². The number of nitrogens with one attached hydrogen (secondary N) is 3. The molecule has 6 aliphatic rings. The van der Waals surface area contributed by atoms with Crippen LogP contribution in [0.2, 0.25) is 0 Å². The number of rotatable bonds is 8. The smallest absolute Gasteiger partial charge is 0.407 e. The van der Waals surface area contributed by atoms with Crippen molar-refractivity contribution in [2.45, 2.75) is 138 Å². The molecule has 5 unspecified atom stereocenters. The van der Waals surface area contributed by atoms with Gasteiger partial charge in [0.1, 0.15) is 29.0 Å². The monoisotopic (exact) mass is 841 g/mol. The average Bonchev–Trinajstić information content (AvgIpc) is 4.11. The molecule has 17 heteroatoms.